The third kappa shape index (κ3) is 2.80. The van der Waals surface area contributed by atoms with Crippen molar-refractivity contribution in [2.75, 3.05) is 0 Å². The zero-order valence-corrected chi connectivity index (χ0v) is 18.2. The summed E-state index contributed by atoms with van der Waals surface area (Å²) in [7, 11) is 0. The Hall–Kier alpha value is -4.04. The Morgan fingerprint density at radius 2 is 1.38 bits per heavy atom. The van der Waals surface area contributed by atoms with Gasteiger partial charge in [0.15, 0.2) is 0 Å². The van der Waals surface area contributed by atoms with Crippen LogP contribution in [0.2, 0.25) is 0 Å². The molecule has 0 saturated heterocycles. The summed E-state index contributed by atoms with van der Waals surface area (Å²) in [6.07, 6.45) is 2.20. The number of aromatic nitrogens is 2. The van der Waals surface area contributed by atoms with Crippen LogP contribution in [0.15, 0.2) is 91.0 Å². The quantitative estimate of drug-likeness (QED) is 0.326. The third-order valence-electron chi connectivity index (χ3n) is 6.56. The minimum absolute atomic E-state index is 1.17. The zero-order valence-electron chi connectivity index (χ0n) is 18.2. The summed E-state index contributed by atoms with van der Waals surface area (Å²) < 4.78 is 0. The molecule has 2 heterocycles. The second-order valence-corrected chi connectivity index (χ2v) is 8.35. The summed E-state index contributed by atoms with van der Waals surface area (Å²) in [5, 5.41) is 6.26. The predicted octanol–water partition coefficient (Wildman–Crippen LogP) is 6.49. The van der Waals surface area contributed by atoms with Crippen LogP contribution in [0.25, 0.3) is 55.5 Å². The van der Waals surface area contributed by atoms with Gasteiger partial charge in [-0.3, -0.25) is 0 Å². The predicted molar refractivity (Wildman–Crippen MR) is 137 cm³/mol. The summed E-state index contributed by atoms with van der Waals surface area (Å²) in [4.78, 5) is 7.29. The van der Waals surface area contributed by atoms with E-state index in [2.05, 4.69) is 121 Å². The van der Waals surface area contributed by atoms with Gasteiger partial charge in [-0.15, -0.1) is 0 Å². The van der Waals surface area contributed by atoms with Crippen molar-refractivity contribution < 1.29 is 0 Å². The molecule has 0 bridgehead atoms. The Labute approximate surface area is 186 Å². The summed E-state index contributed by atoms with van der Waals surface area (Å²) >= 11 is 0. The number of rotatable bonds is 2. The van der Waals surface area contributed by atoms with Crippen molar-refractivity contribution in [2.45, 2.75) is 13.8 Å². The van der Waals surface area contributed by atoms with Crippen molar-refractivity contribution in [1.29, 1.82) is 0 Å². The molecule has 0 saturated carbocycles. The smallest absolute Gasteiger partial charge is 0.0544 e. The molecular weight excluding hydrogens is 388 g/mol. The molecule has 6 aromatic rings. The number of para-hydroxylation sites is 3. The molecule has 0 atom stereocenters. The molecule has 0 fully saturated rings. The number of nitrogens with one attached hydrogen (secondary N) is 2. The molecule has 0 radical (unpaired) electrons. The lowest BCUT2D eigenvalue weighted by atomic mass is 9.97. The zero-order chi connectivity index (χ0) is 21.7. The fourth-order valence-electron chi connectivity index (χ4n) is 4.94. The van der Waals surface area contributed by atoms with Crippen molar-refractivity contribution in [2.24, 2.45) is 0 Å². The molecule has 0 spiro atoms. The van der Waals surface area contributed by atoms with Gasteiger partial charge in [-0.2, -0.15) is 0 Å². The minimum atomic E-state index is 1.17. The maximum absolute atomic E-state index is 3.65. The van der Waals surface area contributed by atoms with Crippen LogP contribution in [0.5, 0.6) is 0 Å². The van der Waals surface area contributed by atoms with Gasteiger partial charge < -0.3 is 9.97 Å². The molecule has 0 aliphatic rings. The van der Waals surface area contributed by atoms with Gasteiger partial charge in [0.25, 0.3) is 0 Å². The molecule has 0 aliphatic heterocycles. The van der Waals surface area contributed by atoms with E-state index in [1.807, 2.05) is 0 Å². The first-order valence-electron chi connectivity index (χ1n) is 11.1. The van der Waals surface area contributed by atoms with E-state index in [9.17, 15) is 0 Å². The van der Waals surface area contributed by atoms with Gasteiger partial charge in [0.05, 0.1) is 5.52 Å². The standard InChI is InChI=1S/C30H24N2/c1-3-22-24-12-4-6-16-27(24)31-29(22)19(2)20-10-8-11-21(18-20)23-14-9-15-26-25-13-5-7-17-28(25)32-30(23)26/h3-18,31-32H,1-2H3. The van der Waals surface area contributed by atoms with Crippen LogP contribution in [0.3, 0.4) is 0 Å². The van der Waals surface area contributed by atoms with Crippen molar-refractivity contribution in [1.82, 2.24) is 9.97 Å². The summed E-state index contributed by atoms with van der Waals surface area (Å²) in [6.45, 7) is 4.32. The number of hydrogen-bond acceptors (Lipinski definition) is 0. The summed E-state index contributed by atoms with van der Waals surface area (Å²) in [5.41, 5.74) is 8.47. The maximum Gasteiger partial charge on any atom is 0.0544 e. The highest BCUT2D eigenvalue weighted by Crippen LogP contribution is 2.33. The Morgan fingerprint density at radius 3 is 2.19 bits per heavy atom. The second kappa shape index (κ2) is 7.28. The normalized spacial score (nSPS) is 13.4. The van der Waals surface area contributed by atoms with Gasteiger partial charge in [0, 0.05) is 43.3 Å². The van der Waals surface area contributed by atoms with Crippen LogP contribution in [-0.4, -0.2) is 9.97 Å². The van der Waals surface area contributed by atoms with Gasteiger partial charge in [-0.25, -0.2) is 0 Å². The van der Waals surface area contributed by atoms with E-state index >= 15 is 0 Å². The molecule has 0 unspecified atom stereocenters. The molecule has 154 valence electrons. The van der Waals surface area contributed by atoms with Crippen molar-refractivity contribution in [3.8, 4) is 11.1 Å². The van der Waals surface area contributed by atoms with E-state index in [1.165, 1.54) is 65.5 Å². The third-order valence-corrected chi connectivity index (χ3v) is 6.56. The van der Waals surface area contributed by atoms with Gasteiger partial charge >= 0.3 is 0 Å². The molecule has 0 aliphatic carbocycles. The van der Waals surface area contributed by atoms with Gasteiger partial charge in [-0.05, 0) is 48.7 Å². The minimum Gasteiger partial charge on any atom is -0.354 e. The highest BCUT2D eigenvalue weighted by atomic mass is 14.7. The number of aromatic amines is 2. The first-order valence-corrected chi connectivity index (χ1v) is 11.1. The van der Waals surface area contributed by atoms with E-state index < -0.39 is 0 Å². The number of fused-ring (bicyclic) bond motifs is 4. The van der Waals surface area contributed by atoms with Crippen LogP contribution >= 0.6 is 0 Å². The average Bonchev–Trinajstić information content (AvgIpc) is 3.42. The molecule has 6 rings (SSSR count). The van der Waals surface area contributed by atoms with Gasteiger partial charge in [0.1, 0.15) is 0 Å². The SMILES string of the molecule is CC=c1c(=C(C)c2cccc(-c3cccc4c3[nH]c3ccccc34)c2)[nH]c2ccccc12. The van der Waals surface area contributed by atoms with Crippen LogP contribution in [0.4, 0.5) is 0 Å². The molecule has 2 N–H and O–H groups in total. The Bertz CT molecular complexity index is 1750. The van der Waals surface area contributed by atoms with E-state index in [0.29, 0.717) is 0 Å². The number of H-pyrrole nitrogens is 2. The van der Waals surface area contributed by atoms with Crippen molar-refractivity contribution in [3.05, 3.63) is 107 Å². The topological polar surface area (TPSA) is 31.6 Å². The molecule has 2 aromatic heterocycles. The monoisotopic (exact) mass is 412 g/mol. The molecule has 4 aromatic carbocycles. The van der Waals surface area contributed by atoms with E-state index in [4.69, 9.17) is 0 Å². The second-order valence-electron chi connectivity index (χ2n) is 8.35. The Morgan fingerprint density at radius 1 is 0.688 bits per heavy atom. The summed E-state index contributed by atoms with van der Waals surface area (Å²) in [5.74, 6) is 0. The Balaban J connectivity index is 1.58. The van der Waals surface area contributed by atoms with Crippen LogP contribution < -0.4 is 10.6 Å². The first-order chi connectivity index (χ1) is 15.7. The van der Waals surface area contributed by atoms with Crippen LogP contribution in [-0.2, 0) is 0 Å². The van der Waals surface area contributed by atoms with Crippen LogP contribution in [0.1, 0.15) is 19.4 Å². The fourth-order valence-corrected chi connectivity index (χ4v) is 4.94. The molecule has 2 heteroatoms. The van der Waals surface area contributed by atoms with Crippen molar-refractivity contribution in [3.63, 3.8) is 0 Å². The van der Waals surface area contributed by atoms with Crippen molar-refractivity contribution >= 4 is 44.4 Å². The van der Waals surface area contributed by atoms with Gasteiger partial charge in [-0.1, -0.05) is 78.9 Å². The maximum atomic E-state index is 3.65. The molecule has 32 heavy (non-hydrogen) atoms. The molecule has 2 nitrogen and oxygen atoms in total. The lowest BCUT2D eigenvalue weighted by Crippen LogP contribution is -2.25. The van der Waals surface area contributed by atoms with E-state index in [1.54, 1.807) is 0 Å². The lowest BCUT2D eigenvalue weighted by Gasteiger charge is -2.08. The fraction of sp³-hybridized carbons (Fsp3) is 0.0667. The number of benzene rings is 4. The first kappa shape index (κ1) is 18.7. The largest absolute Gasteiger partial charge is 0.354 e. The van der Waals surface area contributed by atoms with Gasteiger partial charge in [0.2, 0.25) is 0 Å². The Kier molecular flexibility index (Phi) is 4.26. The van der Waals surface area contributed by atoms with Crippen LogP contribution in [0, 0.1) is 0 Å². The average molecular weight is 413 g/mol. The molecule has 0 amide bonds. The summed E-state index contributed by atoms with van der Waals surface area (Å²) in [6, 6.07) is 32.5. The number of hydrogen-bond donors (Lipinski definition) is 2. The van der Waals surface area contributed by atoms with E-state index in [0.717, 1.165) is 0 Å². The van der Waals surface area contributed by atoms with E-state index in [-0.39, 0.29) is 0 Å². The highest BCUT2D eigenvalue weighted by Gasteiger charge is 2.11. The lowest BCUT2D eigenvalue weighted by molar-refractivity contribution is 1.31. The molecular formula is C30H24N2. The highest BCUT2D eigenvalue weighted by molar-refractivity contribution is 6.11.